The molecule has 1 aliphatic heterocycles. The lowest BCUT2D eigenvalue weighted by Crippen LogP contribution is -2.47. The number of hydrogen-bond donors (Lipinski definition) is 0. The molecule has 1 saturated heterocycles. The van der Waals surface area contributed by atoms with Crippen molar-refractivity contribution < 1.29 is 13.9 Å². The number of ether oxygens (including phenoxy) is 1. The molecule has 6 nitrogen and oxygen atoms in total. The Balaban J connectivity index is 1.49. The van der Waals surface area contributed by atoms with Gasteiger partial charge >= 0.3 is 0 Å². The van der Waals surface area contributed by atoms with Crippen molar-refractivity contribution in [2.45, 2.75) is 31.6 Å². The van der Waals surface area contributed by atoms with Gasteiger partial charge in [0, 0.05) is 19.5 Å². The first-order valence-electron chi connectivity index (χ1n) is 9.33. The van der Waals surface area contributed by atoms with Gasteiger partial charge in [0.1, 0.15) is 16.4 Å². The predicted molar refractivity (Wildman–Crippen MR) is 107 cm³/mol. The Morgan fingerprint density at radius 1 is 1.39 bits per heavy atom. The lowest BCUT2D eigenvalue weighted by atomic mass is 9.81. The zero-order valence-corrected chi connectivity index (χ0v) is 16.9. The van der Waals surface area contributed by atoms with Crippen molar-refractivity contribution in [3.05, 3.63) is 64.3 Å². The summed E-state index contributed by atoms with van der Waals surface area (Å²) in [6, 6.07) is 7.94. The number of hydrogen-bond acceptors (Lipinski definition) is 6. The summed E-state index contributed by atoms with van der Waals surface area (Å²) in [7, 11) is 1.66. The van der Waals surface area contributed by atoms with Crippen molar-refractivity contribution in [1.29, 1.82) is 0 Å². The summed E-state index contributed by atoms with van der Waals surface area (Å²) in [6.45, 7) is 3.48. The fourth-order valence-electron chi connectivity index (χ4n) is 3.72. The van der Waals surface area contributed by atoms with E-state index in [1.165, 1.54) is 11.3 Å². The molecule has 3 aromatic rings. The van der Waals surface area contributed by atoms with Gasteiger partial charge in [0.25, 0.3) is 5.91 Å². The van der Waals surface area contributed by atoms with Crippen LogP contribution in [0.1, 0.15) is 46.7 Å². The van der Waals surface area contributed by atoms with Crippen LogP contribution < -0.4 is 4.74 Å². The van der Waals surface area contributed by atoms with E-state index in [0.29, 0.717) is 23.7 Å². The molecule has 7 heteroatoms. The zero-order valence-electron chi connectivity index (χ0n) is 16.1. The fourth-order valence-corrected chi connectivity index (χ4v) is 4.30. The van der Waals surface area contributed by atoms with E-state index in [-0.39, 0.29) is 11.3 Å². The number of carbonyl (C=O) groups is 1. The van der Waals surface area contributed by atoms with E-state index in [1.54, 1.807) is 25.0 Å². The molecule has 0 radical (unpaired) electrons. The summed E-state index contributed by atoms with van der Waals surface area (Å²) in [5.74, 6) is 2.38. The Morgan fingerprint density at radius 2 is 2.29 bits per heavy atom. The highest BCUT2D eigenvalue weighted by molar-refractivity contribution is 7.11. The molecule has 0 N–H and O–H groups in total. The van der Waals surface area contributed by atoms with Gasteiger partial charge in [0.2, 0.25) is 5.89 Å². The van der Waals surface area contributed by atoms with E-state index < -0.39 is 0 Å². The lowest BCUT2D eigenvalue weighted by molar-refractivity contribution is 0.0630. The van der Waals surface area contributed by atoms with Crippen LogP contribution in [0.25, 0.3) is 0 Å². The van der Waals surface area contributed by atoms with Crippen LogP contribution in [0.5, 0.6) is 5.75 Å². The number of carbonyl (C=O) groups excluding carboxylic acids is 1. The molecule has 0 saturated carbocycles. The quantitative estimate of drug-likeness (QED) is 0.653. The average molecular weight is 398 g/mol. The smallest absolute Gasteiger partial charge is 0.265 e. The minimum absolute atomic E-state index is 0.0385. The molecular weight excluding hydrogens is 374 g/mol. The molecule has 0 aliphatic carbocycles. The van der Waals surface area contributed by atoms with Crippen LogP contribution in [0.4, 0.5) is 0 Å². The molecule has 0 spiro atoms. The maximum absolute atomic E-state index is 12.7. The van der Waals surface area contributed by atoms with Crippen molar-refractivity contribution in [1.82, 2.24) is 14.9 Å². The van der Waals surface area contributed by atoms with E-state index in [1.807, 2.05) is 29.2 Å². The van der Waals surface area contributed by atoms with Crippen molar-refractivity contribution >= 4 is 17.2 Å². The number of piperidine rings is 1. The van der Waals surface area contributed by atoms with E-state index in [4.69, 9.17) is 9.15 Å². The maximum atomic E-state index is 12.7. The van der Waals surface area contributed by atoms with Gasteiger partial charge in [-0.1, -0.05) is 12.1 Å². The molecule has 2 aromatic heterocycles. The van der Waals surface area contributed by atoms with E-state index >= 15 is 0 Å². The number of amides is 1. The van der Waals surface area contributed by atoms with Gasteiger partial charge in [-0.05, 0) is 37.5 Å². The van der Waals surface area contributed by atoms with Gasteiger partial charge in [-0.15, -0.1) is 11.3 Å². The molecule has 4 rings (SSSR count). The number of thiazole rings is 1. The summed E-state index contributed by atoms with van der Waals surface area (Å²) in [6.07, 6.45) is 5.96. The SMILES string of the molecule is COc1cccc(Cc2cnc(C3(C)CCCN(C(=O)c4cncs4)C3)o2)c1. The minimum Gasteiger partial charge on any atom is -0.497 e. The number of oxazole rings is 1. The van der Waals surface area contributed by atoms with Gasteiger partial charge in [0.05, 0.1) is 30.4 Å². The molecule has 146 valence electrons. The lowest BCUT2D eigenvalue weighted by Gasteiger charge is -2.38. The van der Waals surface area contributed by atoms with Crippen LogP contribution in [-0.2, 0) is 11.8 Å². The Kier molecular flexibility index (Phi) is 5.17. The molecule has 0 bridgehead atoms. The second kappa shape index (κ2) is 7.75. The Labute approximate surface area is 168 Å². The normalized spacial score (nSPS) is 19.6. The predicted octanol–water partition coefficient (Wildman–Crippen LogP) is 3.92. The first kappa shape index (κ1) is 18.7. The van der Waals surface area contributed by atoms with Crippen LogP contribution in [0, 0.1) is 0 Å². The van der Waals surface area contributed by atoms with E-state index in [2.05, 4.69) is 16.9 Å². The van der Waals surface area contributed by atoms with Gasteiger partial charge in [-0.3, -0.25) is 9.78 Å². The second-order valence-electron chi connectivity index (χ2n) is 7.42. The number of likely N-dealkylation sites (tertiary alicyclic amines) is 1. The first-order chi connectivity index (χ1) is 13.6. The van der Waals surface area contributed by atoms with Gasteiger partial charge in [-0.25, -0.2) is 4.98 Å². The highest BCUT2D eigenvalue weighted by Crippen LogP contribution is 2.34. The summed E-state index contributed by atoms with van der Waals surface area (Å²) < 4.78 is 11.4. The third-order valence-corrected chi connectivity index (χ3v) is 5.97. The van der Waals surface area contributed by atoms with Gasteiger partial charge in [0.15, 0.2) is 0 Å². The average Bonchev–Trinajstić information content (AvgIpc) is 3.40. The number of nitrogens with zero attached hydrogens (tertiary/aromatic N) is 3. The van der Waals surface area contributed by atoms with Crippen LogP contribution >= 0.6 is 11.3 Å². The number of rotatable bonds is 5. The van der Waals surface area contributed by atoms with Crippen LogP contribution in [0.15, 0.2) is 46.6 Å². The summed E-state index contributed by atoms with van der Waals surface area (Å²) in [5, 5.41) is 0. The number of methoxy groups -OCH3 is 1. The molecule has 1 unspecified atom stereocenters. The van der Waals surface area contributed by atoms with Crippen LogP contribution in [-0.4, -0.2) is 41.0 Å². The highest BCUT2D eigenvalue weighted by Gasteiger charge is 2.38. The second-order valence-corrected chi connectivity index (χ2v) is 8.30. The van der Waals surface area contributed by atoms with Gasteiger partial charge < -0.3 is 14.1 Å². The van der Waals surface area contributed by atoms with Crippen LogP contribution in [0.2, 0.25) is 0 Å². The highest BCUT2D eigenvalue weighted by atomic mass is 32.1. The maximum Gasteiger partial charge on any atom is 0.265 e. The van der Waals surface area contributed by atoms with Crippen LogP contribution in [0.3, 0.4) is 0 Å². The standard InChI is InChI=1S/C21H23N3O3S/c1-21(7-4-8-24(13-21)19(25)18-12-22-14-28-18)20-23-11-17(27-20)10-15-5-3-6-16(9-15)26-2/h3,5-6,9,11-12,14H,4,7-8,10,13H2,1-2H3. The van der Waals surface area contributed by atoms with Crippen molar-refractivity contribution in [2.24, 2.45) is 0 Å². The largest absolute Gasteiger partial charge is 0.497 e. The number of benzene rings is 1. The molecular formula is C21H23N3O3S. The monoisotopic (exact) mass is 397 g/mol. The molecule has 1 aromatic carbocycles. The first-order valence-corrected chi connectivity index (χ1v) is 10.2. The summed E-state index contributed by atoms with van der Waals surface area (Å²) in [4.78, 5) is 23.9. The van der Waals surface area contributed by atoms with Crippen molar-refractivity contribution in [2.75, 3.05) is 20.2 Å². The minimum atomic E-state index is -0.286. The Morgan fingerprint density at radius 3 is 3.07 bits per heavy atom. The van der Waals surface area contributed by atoms with Gasteiger partial charge in [-0.2, -0.15) is 0 Å². The van der Waals surface area contributed by atoms with Crippen molar-refractivity contribution in [3.8, 4) is 5.75 Å². The Bertz CT molecular complexity index is 953. The zero-order chi connectivity index (χ0) is 19.6. The third-order valence-electron chi connectivity index (χ3n) is 5.21. The molecule has 1 atom stereocenters. The summed E-state index contributed by atoms with van der Waals surface area (Å²) >= 11 is 1.38. The number of aromatic nitrogens is 2. The molecule has 1 aliphatic rings. The fraction of sp³-hybridized carbons (Fsp3) is 0.381. The summed E-state index contributed by atoms with van der Waals surface area (Å²) in [5.41, 5.74) is 2.51. The van der Waals surface area contributed by atoms with E-state index in [9.17, 15) is 4.79 Å². The van der Waals surface area contributed by atoms with Crippen molar-refractivity contribution in [3.63, 3.8) is 0 Å². The van der Waals surface area contributed by atoms with E-state index in [0.717, 1.165) is 36.5 Å². The molecule has 3 heterocycles. The molecule has 28 heavy (non-hydrogen) atoms. The topological polar surface area (TPSA) is 68.5 Å². The molecule has 1 amide bonds. The third kappa shape index (κ3) is 3.80. The Hall–Kier alpha value is -2.67. The molecule has 1 fully saturated rings.